The predicted octanol–water partition coefficient (Wildman–Crippen LogP) is 1.15. The van der Waals surface area contributed by atoms with Gasteiger partial charge in [-0.2, -0.15) is 17.0 Å². The number of piperazine rings is 1. The summed E-state index contributed by atoms with van der Waals surface area (Å²) in [4.78, 5) is 0. The molecule has 1 aromatic carbocycles. The third-order valence-electron chi connectivity index (χ3n) is 4.54. The fraction of sp³-hybridized carbons (Fsp3) is 0.600. The molecule has 0 radical (unpaired) electrons. The van der Waals surface area contributed by atoms with E-state index in [0.29, 0.717) is 13.1 Å². The van der Waals surface area contributed by atoms with Crippen molar-refractivity contribution in [3.05, 3.63) is 35.4 Å². The smallest absolute Gasteiger partial charge is 0.282 e. The molecule has 1 aromatic rings. The van der Waals surface area contributed by atoms with E-state index in [4.69, 9.17) is 0 Å². The van der Waals surface area contributed by atoms with Crippen molar-refractivity contribution in [3.63, 3.8) is 0 Å². The number of hydrogen-bond donors (Lipinski definition) is 1. The number of rotatable bonds is 3. The Hall–Kier alpha value is -0.950. The van der Waals surface area contributed by atoms with E-state index in [-0.39, 0.29) is 6.04 Å². The van der Waals surface area contributed by atoms with Gasteiger partial charge in [-0.3, -0.25) is 0 Å². The molecule has 0 bridgehead atoms. The molecule has 1 N–H and O–H groups in total. The largest absolute Gasteiger partial charge is 0.314 e. The normalized spacial score (nSPS) is 24.0. The Morgan fingerprint density at radius 2 is 1.95 bits per heavy atom. The summed E-state index contributed by atoms with van der Waals surface area (Å²) in [6.45, 7) is 2.57. The summed E-state index contributed by atoms with van der Waals surface area (Å²) < 4.78 is 28.8. The molecular weight excluding hydrogens is 286 g/mol. The summed E-state index contributed by atoms with van der Waals surface area (Å²) in [6.07, 6.45) is 3.00. The number of benzene rings is 1. The first-order valence-corrected chi connectivity index (χ1v) is 9.02. The summed E-state index contributed by atoms with van der Waals surface area (Å²) in [5.41, 5.74) is 2.46. The molecule has 1 atom stereocenters. The zero-order valence-electron chi connectivity index (χ0n) is 12.5. The van der Waals surface area contributed by atoms with Gasteiger partial charge >= 0.3 is 0 Å². The van der Waals surface area contributed by atoms with E-state index in [1.807, 2.05) is 12.1 Å². The minimum atomic E-state index is -3.38. The molecular formula is C15H23N3O2S. The molecule has 5 nitrogen and oxygen atoms in total. The van der Waals surface area contributed by atoms with Crippen LogP contribution in [0.1, 0.15) is 30.0 Å². The fourth-order valence-corrected chi connectivity index (χ4v) is 4.87. The highest BCUT2D eigenvalue weighted by Gasteiger charge is 2.35. The average molecular weight is 309 g/mol. The molecule has 6 heteroatoms. The SMILES string of the molecule is CN(C1CCCc2ccccc21)S(=O)(=O)N1CCNCC1. The Balaban J connectivity index is 1.87. The molecule has 1 fully saturated rings. The monoisotopic (exact) mass is 309 g/mol. The maximum Gasteiger partial charge on any atom is 0.282 e. The number of fused-ring (bicyclic) bond motifs is 1. The molecule has 0 amide bonds. The average Bonchev–Trinajstić information content (AvgIpc) is 2.54. The standard InChI is InChI=1S/C15H23N3O2S/c1-17(21(19,20)18-11-9-16-10-12-18)15-8-4-6-13-5-2-3-7-14(13)15/h2-3,5,7,15-16H,4,6,8-12H2,1H3. The van der Waals surface area contributed by atoms with Crippen LogP contribution < -0.4 is 5.32 Å². The number of nitrogens with one attached hydrogen (secondary N) is 1. The molecule has 2 aliphatic rings. The van der Waals surface area contributed by atoms with Gasteiger partial charge in [-0.1, -0.05) is 24.3 Å². The van der Waals surface area contributed by atoms with Crippen molar-refractivity contribution in [1.29, 1.82) is 0 Å². The van der Waals surface area contributed by atoms with Gasteiger partial charge in [-0.25, -0.2) is 0 Å². The molecule has 0 spiro atoms. The van der Waals surface area contributed by atoms with Gasteiger partial charge in [0.05, 0.1) is 6.04 Å². The number of aryl methyl sites for hydroxylation is 1. The lowest BCUT2D eigenvalue weighted by molar-refractivity contribution is 0.283. The first-order chi connectivity index (χ1) is 10.1. The maximum absolute atomic E-state index is 12.8. The van der Waals surface area contributed by atoms with Crippen LogP contribution in [0.5, 0.6) is 0 Å². The molecule has 21 heavy (non-hydrogen) atoms. The third-order valence-corrected chi connectivity index (χ3v) is 6.54. The fourth-order valence-electron chi connectivity index (χ4n) is 3.32. The van der Waals surface area contributed by atoms with E-state index in [0.717, 1.165) is 32.4 Å². The molecule has 0 aromatic heterocycles. The van der Waals surface area contributed by atoms with E-state index in [2.05, 4.69) is 17.4 Å². The Morgan fingerprint density at radius 3 is 2.71 bits per heavy atom. The van der Waals surface area contributed by atoms with E-state index < -0.39 is 10.2 Å². The van der Waals surface area contributed by atoms with Gasteiger partial charge in [0.2, 0.25) is 0 Å². The topological polar surface area (TPSA) is 52.7 Å². The van der Waals surface area contributed by atoms with Crippen molar-refractivity contribution in [1.82, 2.24) is 13.9 Å². The molecule has 1 heterocycles. The van der Waals surface area contributed by atoms with Gasteiger partial charge in [-0.15, -0.1) is 0 Å². The van der Waals surface area contributed by atoms with E-state index in [1.54, 1.807) is 15.7 Å². The minimum Gasteiger partial charge on any atom is -0.314 e. The molecule has 1 unspecified atom stereocenters. The Morgan fingerprint density at radius 1 is 1.24 bits per heavy atom. The summed E-state index contributed by atoms with van der Waals surface area (Å²) in [5.74, 6) is 0. The van der Waals surface area contributed by atoms with Crippen LogP contribution in [0.2, 0.25) is 0 Å². The van der Waals surface area contributed by atoms with Crippen LogP contribution in [0.25, 0.3) is 0 Å². The lowest BCUT2D eigenvalue weighted by Crippen LogP contribution is -2.51. The van der Waals surface area contributed by atoms with Crippen molar-refractivity contribution < 1.29 is 8.42 Å². The van der Waals surface area contributed by atoms with Crippen molar-refractivity contribution in [3.8, 4) is 0 Å². The summed E-state index contributed by atoms with van der Waals surface area (Å²) in [6, 6.07) is 8.19. The molecule has 1 aliphatic carbocycles. The van der Waals surface area contributed by atoms with Crippen LogP contribution in [0.15, 0.2) is 24.3 Å². The van der Waals surface area contributed by atoms with Gasteiger partial charge < -0.3 is 5.32 Å². The zero-order chi connectivity index (χ0) is 14.9. The van der Waals surface area contributed by atoms with Crippen LogP contribution in [-0.4, -0.2) is 50.3 Å². The Kier molecular flexibility index (Phi) is 4.31. The van der Waals surface area contributed by atoms with Crippen LogP contribution >= 0.6 is 0 Å². The summed E-state index contributed by atoms with van der Waals surface area (Å²) >= 11 is 0. The third kappa shape index (κ3) is 2.85. The van der Waals surface area contributed by atoms with Crippen molar-refractivity contribution >= 4 is 10.2 Å². The van der Waals surface area contributed by atoms with Crippen molar-refractivity contribution in [2.45, 2.75) is 25.3 Å². The Labute approximate surface area is 127 Å². The van der Waals surface area contributed by atoms with Gasteiger partial charge in [0, 0.05) is 33.2 Å². The summed E-state index contributed by atoms with van der Waals surface area (Å²) in [7, 11) is -1.65. The van der Waals surface area contributed by atoms with E-state index in [9.17, 15) is 8.42 Å². The number of nitrogens with zero attached hydrogens (tertiary/aromatic N) is 2. The summed E-state index contributed by atoms with van der Waals surface area (Å²) in [5, 5.41) is 3.20. The maximum atomic E-state index is 12.8. The Bertz CT molecular complexity index is 597. The molecule has 1 saturated heterocycles. The van der Waals surface area contributed by atoms with Crippen LogP contribution in [0.4, 0.5) is 0 Å². The van der Waals surface area contributed by atoms with Gasteiger partial charge in [0.1, 0.15) is 0 Å². The quantitative estimate of drug-likeness (QED) is 0.911. The second-order valence-electron chi connectivity index (χ2n) is 5.78. The highest BCUT2D eigenvalue weighted by atomic mass is 32.2. The van der Waals surface area contributed by atoms with Crippen molar-refractivity contribution in [2.24, 2.45) is 0 Å². The lowest BCUT2D eigenvalue weighted by atomic mass is 9.88. The number of hydrogen-bond acceptors (Lipinski definition) is 3. The predicted molar refractivity (Wildman–Crippen MR) is 83.2 cm³/mol. The minimum absolute atomic E-state index is 0.0326. The molecule has 116 valence electrons. The lowest BCUT2D eigenvalue weighted by Gasteiger charge is -2.37. The van der Waals surface area contributed by atoms with Crippen LogP contribution in [0, 0.1) is 0 Å². The second-order valence-corrected chi connectivity index (χ2v) is 7.77. The molecule has 0 saturated carbocycles. The second kappa shape index (κ2) is 6.04. The van der Waals surface area contributed by atoms with Gasteiger partial charge in [0.25, 0.3) is 10.2 Å². The van der Waals surface area contributed by atoms with Crippen LogP contribution in [0.3, 0.4) is 0 Å². The first kappa shape index (κ1) is 15.0. The molecule has 3 rings (SSSR count). The van der Waals surface area contributed by atoms with Gasteiger partial charge in [-0.05, 0) is 30.4 Å². The van der Waals surface area contributed by atoms with E-state index in [1.165, 1.54) is 11.1 Å². The highest BCUT2D eigenvalue weighted by Crippen LogP contribution is 2.35. The van der Waals surface area contributed by atoms with Crippen LogP contribution in [-0.2, 0) is 16.6 Å². The zero-order valence-corrected chi connectivity index (χ0v) is 13.3. The van der Waals surface area contributed by atoms with Gasteiger partial charge in [0.15, 0.2) is 0 Å². The van der Waals surface area contributed by atoms with E-state index >= 15 is 0 Å². The first-order valence-electron chi connectivity index (χ1n) is 7.62. The highest BCUT2D eigenvalue weighted by molar-refractivity contribution is 7.86. The van der Waals surface area contributed by atoms with Crippen molar-refractivity contribution in [2.75, 3.05) is 33.2 Å². The molecule has 1 aliphatic heterocycles.